The molecule has 5 heterocycles. The highest BCUT2D eigenvalue weighted by Gasteiger charge is 2.24. The zero-order valence-corrected chi connectivity index (χ0v) is 35.0. The fraction of sp³-hybridized carbons (Fsp3) is 0. The van der Waals surface area contributed by atoms with E-state index in [1.54, 1.807) is 0 Å². The van der Waals surface area contributed by atoms with Crippen LogP contribution in [0.25, 0.3) is 149 Å². The summed E-state index contributed by atoms with van der Waals surface area (Å²) in [5, 5.41) is 12.9. The number of fused-ring (bicyclic) bond motifs is 14. The van der Waals surface area contributed by atoms with Crippen molar-refractivity contribution in [1.82, 2.24) is 19.5 Å². The standard InChI is InChI=1S/C59H32N4O3/c1-3-15-35-30-46-43(27-33(35)13-1)44-28-34-14-2-4-16-36(34)31-47(44)63(46)48-32-37(29-45-38-17-5-8-22-49(38)66-56(45)48)57-60-58(41-20-11-25-52-54(41)39-18-6-9-23-50(39)64-52)62-59(61-57)42-21-12-26-53-55(42)40-19-7-10-24-51(40)65-53/h1-32H. The number of rotatable bonds is 4. The van der Waals surface area contributed by atoms with Crippen LogP contribution in [0.2, 0.25) is 0 Å². The van der Waals surface area contributed by atoms with Gasteiger partial charge in [0.05, 0.1) is 16.7 Å². The summed E-state index contributed by atoms with van der Waals surface area (Å²) in [5.74, 6) is 1.59. The molecule has 0 spiro atoms. The van der Waals surface area contributed by atoms with Gasteiger partial charge in [-0.25, -0.2) is 15.0 Å². The van der Waals surface area contributed by atoms with Gasteiger partial charge in [-0.2, -0.15) is 0 Å². The average molecular weight is 845 g/mol. The van der Waals surface area contributed by atoms with Crippen molar-refractivity contribution in [2.45, 2.75) is 0 Å². The van der Waals surface area contributed by atoms with Crippen molar-refractivity contribution < 1.29 is 13.3 Å². The Hall–Kier alpha value is -9.07. The Morgan fingerprint density at radius 2 is 0.758 bits per heavy atom. The molecule has 0 fully saturated rings. The van der Waals surface area contributed by atoms with Gasteiger partial charge in [0.15, 0.2) is 23.1 Å². The maximum absolute atomic E-state index is 6.92. The van der Waals surface area contributed by atoms with Crippen LogP contribution in [-0.4, -0.2) is 19.5 Å². The summed E-state index contributed by atoms with van der Waals surface area (Å²) in [6.45, 7) is 0. The van der Waals surface area contributed by atoms with E-state index in [0.717, 1.165) is 121 Å². The molecule has 5 aromatic heterocycles. The molecular weight excluding hydrogens is 813 g/mol. The molecule has 66 heavy (non-hydrogen) atoms. The van der Waals surface area contributed by atoms with E-state index in [-0.39, 0.29) is 0 Å². The lowest BCUT2D eigenvalue weighted by Gasteiger charge is -2.13. The highest BCUT2D eigenvalue weighted by atomic mass is 16.3. The van der Waals surface area contributed by atoms with E-state index in [1.165, 1.54) is 10.8 Å². The predicted octanol–water partition coefficient (Wildman–Crippen LogP) is 16.0. The SMILES string of the molecule is c1ccc2cc3c(cc2c1)c1cc2ccccc2cc1n3-c1cc(-c2nc(-c3cccc4oc5ccccc5c34)nc(-c3cccc4oc5ccccc5c34)n2)cc2c1oc1ccccc12. The normalized spacial score (nSPS) is 12.2. The van der Waals surface area contributed by atoms with Crippen LogP contribution in [-0.2, 0) is 0 Å². The summed E-state index contributed by atoms with van der Waals surface area (Å²) in [4.78, 5) is 16.2. The number of aromatic nitrogens is 4. The Kier molecular flexibility index (Phi) is 7.10. The van der Waals surface area contributed by atoms with Crippen LogP contribution in [0, 0.1) is 0 Å². The molecule has 0 aliphatic rings. The minimum atomic E-state index is 0.523. The Morgan fingerprint density at radius 1 is 0.318 bits per heavy atom. The molecule has 306 valence electrons. The van der Waals surface area contributed by atoms with E-state index in [2.05, 4.69) is 126 Å². The quantitative estimate of drug-likeness (QED) is 0.175. The summed E-state index contributed by atoms with van der Waals surface area (Å²) in [7, 11) is 0. The molecule has 15 rings (SSSR count). The molecule has 0 N–H and O–H groups in total. The van der Waals surface area contributed by atoms with Crippen LogP contribution in [0.3, 0.4) is 0 Å². The smallest absolute Gasteiger partial charge is 0.164 e. The third kappa shape index (κ3) is 5.05. The molecule has 0 radical (unpaired) electrons. The van der Waals surface area contributed by atoms with Crippen molar-refractivity contribution in [2.75, 3.05) is 0 Å². The van der Waals surface area contributed by atoms with Crippen LogP contribution in [0.5, 0.6) is 0 Å². The molecule has 0 aliphatic heterocycles. The molecule has 15 aromatic rings. The van der Waals surface area contributed by atoms with Gasteiger partial charge in [-0.3, -0.25) is 0 Å². The maximum atomic E-state index is 6.92. The van der Waals surface area contributed by atoms with E-state index < -0.39 is 0 Å². The number of benzene rings is 10. The van der Waals surface area contributed by atoms with Gasteiger partial charge in [-0.05, 0) is 88.3 Å². The first-order chi connectivity index (χ1) is 32.7. The molecule has 0 aliphatic carbocycles. The molecule has 0 saturated carbocycles. The van der Waals surface area contributed by atoms with Crippen molar-refractivity contribution >= 4 is 109 Å². The summed E-state index contributed by atoms with van der Waals surface area (Å²) >= 11 is 0. The minimum Gasteiger partial charge on any atom is -0.456 e. The van der Waals surface area contributed by atoms with E-state index in [9.17, 15) is 0 Å². The molecule has 0 atom stereocenters. The van der Waals surface area contributed by atoms with Gasteiger partial charge in [0.25, 0.3) is 0 Å². The second kappa shape index (κ2) is 13.2. The summed E-state index contributed by atoms with van der Waals surface area (Å²) in [6.07, 6.45) is 0. The van der Waals surface area contributed by atoms with E-state index >= 15 is 0 Å². The third-order valence-corrected chi connectivity index (χ3v) is 13.4. The molecule has 0 bridgehead atoms. The summed E-state index contributed by atoms with van der Waals surface area (Å²) in [6, 6.07) is 67.4. The Bertz CT molecular complexity index is 4320. The second-order valence-corrected chi connectivity index (χ2v) is 17.1. The predicted molar refractivity (Wildman–Crippen MR) is 267 cm³/mol. The lowest BCUT2D eigenvalue weighted by Crippen LogP contribution is -2.02. The Balaban J connectivity index is 1.08. The van der Waals surface area contributed by atoms with E-state index in [1.807, 2.05) is 72.8 Å². The lowest BCUT2D eigenvalue weighted by atomic mass is 10.0. The molecule has 0 amide bonds. The topological polar surface area (TPSA) is 83.0 Å². The van der Waals surface area contributed by atoms with Gasteiger partial charge in [-0.1, -0.05) is 127 Å². The minimum absolute atomic E-state index is 0.523. The number of furan rings is 3. The first kappa shape index (κ1) is 35.4. The molecule has 10 aromatic carbocycles. The maximum Gasteiger partial charge on any atom is 0.164 e. The second-order valence-electron chi connectivity index (χ2n) is 17.1. The van der Waals surface area contributed by atoms with Crippen molar-refractivity contribution in [2.24, 2.45) is 0 Å². The number of hydrogen-bond acceptors (Lipinski definition) is 6. The van der Waals surface area contributed by atoms with Crippen molar-refractivity contribution in [3.63, 3.8) is 0 Å². The van der Waals surface area contributed by atoms with Crippen LogP contribution >= 0.6 is 0 Å². The monoisotopic (exact) mass is 844 g/mol. The summed E-state index contributed by atoms with van der Waals surface area (Å²) in [5.41, 5.74) is 10.3. The van der Waals surface area contributed by atoms with Crippen LogP contribution < -0.4 is 0 Å². The largest absolute Gasteiger partial charge is 0.456 e. The highest BCUT2D eigenvalue weighted by molar-refractivity contribution is 6.19. The van der Waals surface area contributed by atoms with Crippen LogP contribution in [0.4, 0.5) is 0 Å². The van der Waals surface area contributed by atoms with Gasteiger partial charge in [-0.15, -0.1) is 0 Å². The van der Waals surface area contributed by atoms with Crippen LogP contribution in [0.1, 0.15) is 0 Å². The van der Waals surface area contributed by atoms with Crippen LogP contribution in [0.15, 0.2) is 207 Å². The molecule has 7 heteroatoms. The number of hydrogen-bond donors (Lipinski definition) is 0. The fourth-order valence-electron chi connectivity index (χ4n) is 10.4. The van der Waals surface area contributed by atoms with Crippen molar-refractivity contribution in [1.29, 1.82) is 0 Å². The first-order valence-electron chi connectivity index (χ1n) is 22.1. The third-order valence-electron chi connectivity index (χ3n) is 13.4. The van der Waals surface area contributed by atoms with Gasteiger partial charge >= 0.3 is 0 Å². The zero-order valence-electron chi connectivity index (χ0n) is 35.0. The van der Waals surface area contributed by atoms with Crippen molar-refractivity contribution in [3.05, 3.63) is 194 Å². The lowest BCUT2D eigenvalue weighted by molar-refractivity contribution is 0.666. The van der Waals surface area contributed by atoms with Gasteiger partial charge in [0.2, 0.25) is 0 Å². The zero-order chi connectivity index (χ0) is 43.0. The average Bonchev–Trinajstić information content (AvgIpc) is 4.13. The summed E-state index contributed by atoms with van der Waals surface area (Å²) < 4.78 is 22.1. The molecular formula is C59H32N4O3. The molecule has 0 saturated heterocycles. The first-order valence-corrected chi connectivity index (χ1v) is 22.1. The van der Waals surface area contributed by atoms with E-state index in [0.29, 0.717) is 17.5 Å². The van der Waals surface area contributed by atoms with Crippen molar-refractivity contribution in [3.8, 4) is 39.9 Å². The fourth-order valence-corrected chi connectivity index (χ4v) is 10.4. The molecule has 7 nitrogen and oxygen atoms in total. The Labute approximate surface area is 374 Å². The van der Waals surface area contributed by atoms with Gasteiger partial charge in [0.1, 0.15) is 27.9 Å². The highest BCUT2D eigenvalue weighted by Crippen LogP contribution is 2.44. The number of para-hydroxylation sites is 3. The van der Waals surface area contributed by atoms with Gasteiger partial charge < -0.3 is 17.8 Å². The molecule has 0 unspecified atom stereocenters. The number of nitrogens with zero attached hydrogens (tertiary/aromatic N) is 4. The van der Waals surface area contributed by atoms with E-state index in [4.69, 9.17) is 28.2 Å². The Morgan fingerprint density at radius 3 is 1.30 bits per heavy atom. The van der Waals surface area contributed by atoms with Gasteiger partial charge in [0, 0.05) is 59.8 Å².